The second kappa shape index (κ2) is 6.04. The van der Waals surface area contributed by atoms with E-state index in [-0.39, 0.29) is 11.7 Å². The highest BCUT2D eigenvalue weighted by molar-refractivity contribution is 5.90. The van der Waals surface area contributed by atoms with Gasteiger partial charge < -0.3 is 10.3 Å². The third-order valence-corrected chi connectivity index (χ3v) is 3.86. The molecule has 1 fully saturated rings. The topological polar surface area (TPSA) is 103 Å². The summed E-state index contributed by atoms with van der Waals surface area (Å²) < 4.78 is 0. The minimum atomic E-state index is -0.200. The monoisotopic (exact) mass is 289 g/mol. The lowest BCUT2D eigenvalue weighted by atomic mass is 10.1. The molecule has 3 heterocycles. The number of hydrogen-bond donors (Lipinski definition) is 3. The van der Waals surface area contributed by atoms with Gasteiger partial charge in [-0.15, -0.1) is 0 Å². The Bertz CT molecular complexity index is 591. The number of likely N-dealkylation sites (tertiary alicyclic amines) is 1. The summed E-state index contributed by atoms with van der Waals surface area (Å²) in [6.07, 6.45) is 4.15. The van der Waals surface area contributed by atoms with E-state index in [0.29, 0.717) is 12.5 Å². The molecule has 3 rings (SSSR count). The van der Waals surface area contributed by atoms with Gasteiger partial charge in [0.15, 0.2) is 0 Å². The Labute approximate surface area is 122 Å². The number of carbonyl (C=O) groups is 1. The number of hydrogen-bond acceptors (Lipinski definition) is 5. The summed E-state index contributed by atoms with van der Waals surface area (Å²) in [6.45, 7) is 5.57. The van der Waals surface area contributed by atoms with Crippen molar-refractivity contribution in [3.63, 3.8) is 0 Å². The fourth-order valence-corrected chi connectivity index (χ4v) is 2.62. The molecule has 1 unspecified atom stereocenters. The van der Waals surface area contributed by atoms with E-state index in [2.05, 4.69) is 35.4 Å². The largest absolute Gasteiger partial charge is 0.349 e. The van der Waals surface area contributed by atoms with Gasteiger partial charge in [-0.2, -0.15) is 5.10 Å². The van der Waals surface area contributed by atoms with Crippen LogP contribution in [0.25, 0.3) is 0 Å². The number of H-pyrrole nitrogens is 2. The van der Waals surface area contributed by atoms with Gasteiger partial charge in [-0.25, -0.2) is 9.97 Å². The van der Waals surface area contributed by atoms with Gasteiger partial charge in [-0.05, 0) is 25.8 Å². The number of aromatic amines is 2. The lowest BCUT2D eigenvalue weighted by Gasteiger charge is -2.15. The summed E-state index contributed by atoms with van der Waals surface area (Å²) in [4.78, 5) is 25.4. The van der Waals surface area contributed by atoms with E-state index in [1.54, 1.807) is 6.33 Å². The molecule has 21 heavy (non-hydrogen) atoms. The number of nitrogens with zero attached hydrogens (tertiary/aromatic N) is 4. The summed E-state index contributed by atoms with van der Waals surface area (Å²) >= 11 is 0. The maximum absolute atomic E-state index is 11.8. The predicted octanol–water partition coefficient (Wildman–Crippen LogP) is 0.0881. The van der Waals surface area contributed by atoms with Crippen molar-refractivity contribution in [3.05, 3.63) is 29.9 Å². The van der Waals surface area contributed by atoms with Crippen molar-refractivity contribution >= 4 is 5.91 Å². The quantitative estimate of drug-likeness (QED) is 0.724. The van der Waals surface area contributed by atoms with Crippen molar-refractivity contribution in [1.82, 2.24) is 35.4 Å². The minimum absolute atomic E-state index is 0.200. The predicted molar refractivity (Wildman–Crippen MR) is 75.4 cm³/mol. The van der Waals surface area contributed by atoms with E-state index in [4.69, 9.17) is 0 Å². The molecule has 8 nitrogen and oxygen atoms in total. The minimum Gasteiger partial charge on any atom is -0.349 e. The third kappa shape index (κ3) is 3.27. The summed E-state index contributed by atoms with van der Waals surface area (Å²) in [5.74, 6) is 0.530. The van der Waals surface area contributed by atoms with E-state index >= 15 is 0 Å². The molecule has 0 saturated carbocycles. The summed E-state index contributed by atoms with van der Waals surface area (Å²) in [5, 5.41) is 9.13. The molecule has 2 aromatic rings. The first-order valence-corrected chi connectivity index (χ1v) is 7.07. The average Bonchev–Trinajstić information content (AvgIpc) is 3.20. The zero-order valence-electron chi connectivity index (χ0n) is 12.0. The van der Waals surface area contributed by atoms with Crippen molar-refractivity contribution < 1.29 is 4.79 Å². The van der Waals surface area contributed by atoms with Crippen molar-refractivity contribution in [1.29, 1.82) is 0 Å². The average molecular weight is 289 g/mol. The molecule has 0 spiro atoms. The van der Waals surface area contributed by atoms with Crippen LogP contribution in [0.5, 0.6) is 0 Å². The molecule has 0 radical (unpaired) electrons. The Hall–Kier alpha value is -2.22. The third-order valence-electron chi connectivity index (χ3n) is 3.86. The molecular weight excluding hydrogens is 270 g/mol. The molecule has 1 amide bonds. The summed E-state index contributed by atoms with van der Waals surface area (Å²) in [6, 6.07) is 0. The molecule has 1 aliphatic heterocycles. The lowest BCUT2D eigenvalue weighted by Crippen LogP contribution is -2.31. The number of aryl methyl sites for hydroxylation is 1. The highest BCUT2D eigenvalue weighted by Crippen LogP contribution is 2.18. The second-order valence-corrected chi connectivity index (χ2v) is 5.41. The Morgan fingerprint density at radius 3 is 3.14 bits per heavy atom. The van der Waals surface area contributed by atoms with Crippen LogP contribution in [-0.4, -0.2) is 55.6 Å². The first kappa shape index (κ1) is 13.7. The van der Waals surface area contributed by atoms with Gasteiger partial charge in [0, 0.05) is 25.3 Å². The Balaban J connectivity index is 1.45. The SMILES string of the molecule is Cc1[nH]cnc1CN1CCC(CNC(=O)c2ncn[nH]2)C1. The summed E-state index contributed by atoms with van der Waals surface area (Å²) in [7, 11) is 0. The van der Waals surface area contributed by atoms with Crippen molar-refractivity contribution in [2.24, 2.45) is 5.92 Å². The zero-order chi connectivity index (χ0) is 14.7. The van der Waals surface area contributed by atoms with Crippen LogP contribution in [0, 0.1) is 12.8 Å². The highest BCUT2D eigenvalue weighted by Gasteiger charge is 2.24. The lowest BCUT2D eigenvalue weighted by molar-refractivity contribution is 0.0937. The molecule has 0 aliphatic carbocycles. The van der Waals surface area contributed by atoms with Crippen LogP contribution in [0.1, 0.15) is 28.4 Å². The van der Waals surface area contributed by atoms with Crippen molar-refractivity contribution in [3.8, 4) is 0 Å². The van der Waals surface area contributed by atoms with Crippen LogP contribution in [0.3, 0.4) is 0 Å². The molecule has 0 aromatic carbocycles. The van der Waals surface area contributed by atoms with Gasteiger partial charge in [0.05, 0.1) is 12.0 Å². The number of imidazole rings is 1. The van der Waals surface area contributed by atoms with Crippen LogP contribution in [0.2, 0.25) is 0 Å². The number of aromatic nitrogens is 5. The smallest absolute Gasteiger partial charge is 0.288 e. The first-order chi connectivity index (χ1) is 10.2. The van der Waals surface area contributed by atoms with Crippen LogP contribution in [-0.2, 0) is 6.54 Å². The Morgan fingerprint density at radius 2 is 2.43 bits per heavy atom. The number of carbonyl (C=O) groups excluding carboxylic acids is 1. The highest BCUT2D eigenvalue weighted by atomic mass is 16.2. The van der Waals surface area contributed by atoms with Gasteiger partial charge in [-0.1, -0.05) is 0 Å². The second-order valence-electron chi connectivity index (χ2n) is 5.41. The van der Waals surface area contributed by atoms with Crippen molar-refractivity contribution in [2.75, 3.05) is 19.6 Å². The molecule has 1 atom stereocenters. The van der Waals surface area contributed by atoms with E-state index in [0.717, 1.165) is 37.4 Å². The molecule has 0 bridgehead atoms. The van der Waals surface area contributed by atoms with Gasteiger partial charge in [-0.3, -0.25) is 14.8 Å². The molecule has 1 aliphatic rings. The standard InChI is InChI=1S/C13H19N7O/c1-9-11(16-7-15-9)6-20-3-2-10(5-20)4-14-13(21)12-17-8-18-19-12/h7-8,10H,2-6H2,1H3,(H,14,21)(H,15,16)(H,17,18,19). The van der Waals surface area contributed by atoms with E-state index in [9.17, 15) is 4.79 Å². The Kier molecular flexibility index (Phi) is 3.96. The summed E-state index contributed by atoms with van der Waals surface area (Å²) in [5.41, 5.74) is 2.22. The molecular formula is C13H19N7O. The fraction of sp³-hybridized carbons (Fsp3) is 0.538. The fourth-order valence-electron chi connectivity index (χ4n) is 2.62. The zero-order valence-corrected chi connectivity index (χ0v) is 12.0. The van der Waals surface area contributed by atoms with Gasteiger partial charge in [0.2, 0.25) is 5.82 Å². The molecule has 3 N–H and O–H groups in total. The number of nitrogens with one attached hydrogen (secondary N) is 3. The van der Waals surface area contributed by atoms with Crippen LogP contribution < -0.4 is 5.32 Å². The number of amides is 1. The van der Waals surface area contributed by atoms with Gasteiger partial charge in [0.1, 0.15) is 6.33 Å². The van der Waals surface area contributed by atoms with Crippen molar-refractivity contribution in [2.45, 2.75) is 19.9 Å². The van der Waals surface area contributed by atoms with Crippen LogP contribution in [0.4, 0.5) is 0 Å². The maximum Gasteiger partial charge on any atom is 0.288 e. The molecule has 8 heteroatoms. The first-order valence-electron chi connectivity index (χ1n) is 7.07. The van der Waals surface area contributed by atoms with Gasteiger partial charge in [0.25, 0.3) is 5.91 Å². The molecule has 2 aromatic heterocycles. The molecule has 112 valence electrons. The maximum atomic E-state index is 11.8. The Morgan fingerprint density at radius 1 is 1.52 bits per heavy atom. The number of rotatable bonds is 5. The molecule has 1 saturated heterocycles. The van der Waals surface area contributed by atoms with Gasteiger partial charge >= 0.3 is 0 Å². The van der Waals surface area contributed by atoms with E-state index < -0.39 is 0 Å². The van der Waals surface area contributed by atoms with Crippen LogP contribution >= 0.6 is 0 Å². The van der Waals surface area contributed by atoms with E-state index in [1.165, 1.54) is 6.33 Å². The van der Waals surface area contributed by atoms with E-state index in [1.807, 2.05) is 6.92 Å². The van der Waals surface area contributed by atoms with Crippen LogP contribution in [0.15, 0.2) is 12.7 Å². The normalized spacial score (nSPS) is 19.0.